The number of nitrogens with one attached hydrogen (secondary N) is 1. The number of aliphatic imine (C=N–C) groups is 1. The number of rotatable bonds is 11. The van der Waals surface area contributed by atoms with Crippen LogP contribution in [0.3, 0.4) is 0 Å². The van der Waals surface area contributed by atoms with Crippen LogP contribution in [0.25, 0.3) is 0 Å². The highest BCUT2D eigenvalue weighted by Gasteiger charge is 2.24. The molecule has 1 rings (SSSR count). The molecule has 0 aromatic heterocycles. The lowest BCUT2D eigenvalue weighted by Crippen LogP contribution is -2.35. The Hall–Kier alpha value is -0.0800. The molecule has 0 aliphatic heterocycles. The van der Waals surface area contributed by atoms with Crippen molar-refractivity contribution in [2.24, 2.45) is 16.6 Å². The van der Waals surface area contributed by atoms with Crippen molar-refractivity contribution in [1.29, 1.82) is 0 Å². The molecule has 0 aromatic carbocycles. The molecule has 0 heterocycles. The number of nitrogens with two attached hydrogens (primary N) is 1. The van der Waals surface area contributed by atoms with Crippen LogP contribution in [0.15, 0.2) is 4.99 Å². The Kier molecular flexibility index (Phi) is 14.5. The SMILES string of the molecule is CCOCCCN=C(N)NCCC(OCC)C1CCCC1.I. The Bertz CT molecular complexity index is 285. The summed E-state index contributed by atoms with van der Waals surface area (Å²) in [5, 5.41) is 3.19. The molecule has 22 heavy (non-hydrogen) atoms. The first-order chi connectivity index (χ1) is 10.3. The Morgan fingerprint density at radius 2 is 2.00 bits per heavy atom. The minimum atomic E-state index is 0. The number of halogens is 1. The third kappa shape index (κ3) is 9.84. The fourth-order valence-electron chi connectivity index (χ4n) is 2.91. The highest BCUT2D eigenvalue weighted by atomic mass is 127. The molecule has 1 atom stereocenters. The van der Waals surface area contributed by atoms with Gasteiger partial charge in [0.2, 0.25) is 0 Å². The third-order valence-corrected chi connectivity index (χ3v) is 3.97. The summed E-state index contributed by atoms with van der Waals surface area (Å²) in [6.07, 6.45) is 7.62. The maximum atomic E-state index is 5.90. The third-order valence-electron chi connectivity index (χ3n) is 3.97. The van der Waals surface area contributed by atoms with E-state index in [4.69, 9.17) is 15.2 Å². The molecule has 1 saturated carbocycles. The maximum absolute atomic E-state index is 5.90. The van der Waals surface area contributed by atoms with E-state index in [1.165, 1.54) is 25.7 Å². The normalized spacial score (nSPS) is 17.3. The number of hydrogen-bond acceptors (Lipinski definition) is 3. The van der Waals surface area contributed by atoms with E-state index in [0.29, 0.717) is 12.1 Å². The van der Waals surface area contributed by atoms with Gasteiger partial charge in [0.15, 0.2) is 5.96 Å². The highest BCUT2D eigenvalue weighted by Crippen LogP contribution is 2.30. The van der Waals surface area contributed by atoms with Gasteiger partial charge in [0.1, 0.15) is 0 Å². The van der Waals surface area contributed by atoms with Crippen LogP contribution in [0, 0.1) is 5.92 Å². The Labute approximate surface area is 152 Å². The van der Waals surface area contributed by atoms with Crippen LogP contribution in [0.2, 0.25) is 0 Å². The molecule has 0 spiro atoms. The first kappa shape index (κ1) is 21.9. The molecule has 0 amide bonds. The zero-order valence-electron chi connectivity index (χ0n) is 14.2. The van der Waals surface area contributed by atoms with Gasteiger partial charge in [-0.1, -0.05) is 12.8 Å². The van der Waals surface area contributed by atoms with Gasteiger partial charge < -0.3 is 20.5 Å². The smallest absolute Gasteiger partial charge is 0.188 e. The quantitative estimate of drug-likeness (QED) is 0.230. The van der Waals surface area contributed by atoms with Gasteiger partial charge in [-0.05, 0) is 45.4 Å². The van der Waals surface area contributed by atoms with Crippen LogP contribution in [0.1, 0.15) is 52.4 Å². The molecule has 0 saturated heterocycles. The molecule has 5 nitrogen and oxygen atoms in total. The largest absolute Gasteiger partial charge is 0.382 e. The Morgan fingerprint density at radius 1 is 1.27 bits per heavy atom. The molecule has 3 N–H and O–H groups in total. The van der Waals surface area contributed by atoms with Crippen LogP contribution >= 0.6 is 24.0 Å². The van der Waals surface area contributed by atoms with Gasteiger partial charge >= 0.3 is 0 Å². The van der Waals surface area contributed by atoms with E-state index in [9.17, 15) is 0 Å². The highest BCUT2D eigenvalue weighted by molar-refractivity contribution is 14.0. The van der Waals surface area contributed by atoms with Gasteiger partial charge in [0, 0.05) is 32.9 Å². The Morgan fingerprint density at radius 3 is 2.64 bits per heavy atom. The van der Waals surface area contributed by atoms with Crippen molar-refractivity contribution in [3.05, 3.63) is 0 Å². The fraction of sp³-hybridized carbons (Fsp3) is 0.938. The Balaban J connectivity index is 0.00000441. The van der Waals surface area contributed by atoms with E-state index in [-0.39, 0.29) is 24.0 Å². The van der Waals surface area contributed by atoms with Crippen molar-refractivity contribution in [2.45, 2.75) is 58.5 Å². The monoisotopic (exact) mass is 427 g/mol. The minimum Gasteiger partial charge on any atom is -0.382 e. The summed E-state index contributed by atoms with van der Waals surface area (Å²) in [6.45, 7) is 7.93. The van der Waals surface area contributed by atoms with Crippen LogP contribution in [-0.4, -0.2) is 45.0 Å². The van der Waals surface area contributed by atoms with Gasteiger partial charge in [-0.15, -0.1) is 24.0 Å². The second kappa shape index (κ2) is 14.5. The predicted molar refractivity (Wildman–Crippen MR) is 103 cm³/mol. The average Bonchev–Trinajstić information content (AvgIpc) is 3.00. The molecule has 0 bridgehead atoms. The summed E-state index contributed by atoms with van der Waals surface area (Å²) in [5.74, 6) is 1.27. The van der Waals surface area contributed by atoms with Gasteiger partial charge in [-0.2, -0.15) is 0 Å². The molecule has 6 heteroatoms. The summed E-state index contributed by atoms with van der Waals surface area (Å²) in [5.41, 5.74) is 5.86. The maximum Gasteiger partial charge on any atom is 0.188 e. The number of hydrogen-bond donors (Lipinski definition) is 2. The zero-order valence-corrected chi connectivity index (χ0v) is 16.5. The van der Waals surface area contributed by atoms with E-state index in [1.807, 2.05) is 6.92 Å². The molecular weight excluding hydrogens is 393 g/mol. The van der Waals surface area contributed by atoms with Crippen molar-refractivity contribution < 1.29 is 9.47 Å². The first-order valence-corrected chi connectivity index (χ1v) is 8.51. The molecule has 1 unspecified atom stereocenters. The molecular formula is C16H34IN3O2. The minimum absolute atomic E-state index is 0. The predicted octanol–water partition coefficient (Wildman–Crippen LogP) is 2.92. The second-order valence-corrected chi connectivity index (χ2v) is 5.57. The fourth-order valence-corrected chi connectivity index (χ4v) is 2.91. The lowest BCUT2D eigenvalue weighted by molar-refractivity contribution is 0.0170. The summed E-state index contributed by atoms with van der Waals surface area (Å²) in [6, 6.07) is 0. The lowest BCUT2D eigenvalue weighted by atomic mass is 9.98. The summed E-state index contributed by atoms with van der Waals surface area (Å²) >= 11 is 0. The summed E-state index contributed by atoms with van der Waals surface area (Å²) in [4.78, 5) is 4.30. The van der Waals surface area contributed by atoms with E-state index in [1.54, 1.807) is 0 Å². The van der Waals surface area contributed by atoms with Gasteiger partial charge in [0.05, 0.1) is 6.10 Å². The van der Waals surface area contributed by atoms with Gasteiger partial charge in [0.25, 0.3) is 0 Å². The summed E-state index contributed by atoms with van der Waals surface area (Å²) < 4.78 is 11.2. The topological polar surface area (TPSA) is 68.9 Å². The average molecular weight is 427 g/mol. The molecule has 0 aromatic rings. The van der Waals surface area contributed by atoms with Crippen molar-refractivity contribution in [3.8, 4) is 0 Å². The zero-order chi connectivity index (χ0) is 15.3. The van der Waals surface area contributed by atoms with Crippen LogP contribution < -0.4 is 11.1 Å². The molecule has 1 aliphatic rings. The first-order valence-electron chi connectivity index (χ1n) is 8.51. The van der Waals surface area contributed by atoms with Crippen molar-refractivity contribution >= 4 is 29.9 Å². The molecule has 1 fully saturated rings. The van der Waals surface area contributed by atoms with Crippen molar-refractivity contribution in [3.63, 3.8) is 0 Å². The van der Waals surface area contributed by atoms with Crippen molar-refractivity contribution in [1.82, 2.24) is 5.32 Å². The number of nitrogens with zero attached hydrogens (tertiary/aromatic N) is 1. The standard InChI is InChI=1S/C16H33N3O2.HI/c1-3-20-13-7-11-18-16(17)19-12-10-15(21-4-2)14-8-5-6-9-14;/h14-15H,3-13H2,1-2H3,(H3,17,18,19);1H. The van der Waals surface area contributed by atoms with Crippen molar-refractivity contribution in [2.75, 3.05) is 32.9 Å². The van der Waals surface area contributed by atoms with Crippen LogP contribution in [-0.2, 0) is 9.47 Å². The van der Waals surface area contributed by atoms with E-state index < -0.39 is 0 Å². The van der Waals surface area contributed by atoms with E-state index >= 15 is 0 Å². The number of ether oxygens (including phenoxy) is 2. The molecule has 1 aliphatic carbocycles. The van der Waals surface area contributed by atoms with Crippen LogP contribution in [0.5, 0.6) is 0 Å². The molecule has 132 valence electrons. The van der Waals surface area contributed by atoms with Gasteiger partial charge in [-0.3, -0.25) is 4.99 Å². The van der Waals surface area contributed by atoms with E-state index in [0.717, 1.165) is 51.7 Å². The van der Waals surface area contributed by atoms with E-state index in [2.05, 4.69) is 17.2 Å². The lowest BCUT2D eigenvalue weighted by Gasteiger charge is -2.23. The van der Waals surface area contributed by atoms with Crippen LogP contribution in [0.4, 0.5) is 0 Å². The number of guanidine groups is 1. The second-order valence-electron chi connectivity index (χ2n) is 5.57. The van der Waals surface area contributed by atoms with Gasteiger partial charge in [-0.25, -0.2) is 0 Å². The summed E-state index contributed by atoms with van der Waals surface area (Å²) in [7, 11) is 0. The molecule has 0 radical (unpaired) electrons.